The standard InChI is InChI=1S/C16H27NO2/c1-3-5-11-18-12-7-10-17-14-15-8-6-9-16(13-15)19-4-2/h6,8-9,13,17H,3-5,7,10-12,14H2,1-2H3. The molecule has 19 heavy (non-hydrogen) atoms. The van der Waals surface area contributed by atoms with Crippen molar-refractivity contribution in [3.05, 3.63) is 29.8 Å². The van der Waals surface area contributed by atoms with Crippen LogP contribution in [0.25, 0.3) is 0 Å². The van der Waals surface area contributed by atoms with Gasteiger partial charge in [-0.1, -0.05) is 25.5 Å². The third-order valence-corrected chi connectivity index (χ3v) is 2.82. The Morgan fingerprint density at radius 2 is 1.95 bits per heavy atom. The third kappa shape index (κ3) is 7.85. The van der Waals surface area contributed by atoms with Crippen molar-refractivity contribution in [2.75, 3.05) is 26.4 Å². The van der Waals surface area contributed by atoms with E-state index in [4.69, 9.17) is 9.47 Å². The van der Waals surface area contributed by atoms with Gasteiger partial charge in [0, 0.05) is 19.8 Å². The van der Waals surface area contributed by atoms with E-state index in [1.54, 1.807) is 0 Å². The van der Waals surface area contributed by atoms with Crippen molar-refractivity contribution in [3.63, 3.8) is 0 Å². The molecule has 1 aromatic carbocycles. The molecule has 1 rings (SSSR count). The lowest BCUT2D eigenvalue weighted by molar-refractivity contribution is 0.129. The number of hydrogen-bond acceptors (Lipinski definition) is 3. The van der Waals surface area contributed by atoms with Crippen LogP contribution in [0.1, 0.15) is 38.7 Å². The lowest BCUT2D eigenvalue weighted by Crippen LogP contribution is -2.16. The van der Waals surface area contributed by atoms with E-state index in [-0.39, 0.29) is 0 Å². The molecule has 0 radical (unpaired) electrons. The Hall–Kier alpha value is -1.06. The van der Waals surface area contributed by atoms with Crippen molar-refractivity contribution >= 4 is 0 Å². The minimum Gasteiger partial charge on any atom is -0.494 e. The van der Waals surface area contributed by atoms with Gasteiger partial charge in [-0.05, 0) is 44.0 Å². The summed E-state index contributed by atoms with van der Waals surface area (Å²) in [5.74, 6) is 0.949. The highest BCUT2D eigenvalue weighted by Gasteiger charge is 1.96. The molecule has 1 aromatic rings. The average molecular weight is 265 g/mol. The maximum Gasteiger partial charge on any atom is 0.119 e. The van der Waals surface area contributed by atoms with Crippen LogP contribution in [0, 0.1) is 0 Å². The SMILES string of the molecule is CCCCOCCCNCc1cccc(OCC)c1. The molecular formula is C16H27NO2. The molecular weight excluding hydrogens is 238 g/mol. The molecule has 0 aliphatic carbocycles. The van der Waals surface area contributed by atoms with Crippen LogP contribution in [0.4, 0.5) is 0 Å². The summed E-state index contributed by atoms with van der Waals surface area (Å²) in [6.45, 7) is 8.52. The van der Waals surface area contributed by atoms with Crippen LogP contribution in [-0.4, -0.2) is 26.4 Å². The summed E-state index contributed by atoms with van der Waals surface area (Å²) in [6.07, 6.45) is 3.43. The van der Waals surface area contributed by atoms with Crippen molar-refractivity contribution in [2.24, 2.45) is 0 Å². The van der Waals surface area contributed by atoms with E-state index in [1.807, 2.05) is 19.1 Å². The monoisotopic (exact) mass is 265 g/mol. The molecule has 0 aromatic heterocycles. The predicted octanol–water partition coefficient (Wildman–Crippen LogP) is 3.38. The second-order valence-corrected chi connectivity index (χ2v) is 4.58. The fraction of sp³-hybridized carbons (Fsp3) is 0.625. The molecule has 0 aliphatic rings. The maximum absolute atomic E-state index is 5.52. The zero-order chi connectivity index (χ0) is 13.8. The molecule has 3 nitrogen and oxygen atoms in total. The molecule has 0 fully saturated rings. The van der Waals surface area contributed by atoms with Crippen molar-refractivity contribution in [2.45, 2.75) is 39.7 Å². The van der Waals surface area contributed by atoms with Crippen molar-refractivity contribution < 1.29 is 9.47 Å². The molecule has 0 atom stereocenters. The van der Waals surface area contributed by atoms with Crippen LogP contribution in [0.5, 0.6) is 5.75 Å². The summed E-state index contributed by atoms with van der Waals surface area (Å²) in [6, 6.07) is 8.24. The Morgan fingerprint density at radius 3 is 2.74 bits per heavy atom. The molecule has 0 saturated carbocycles. The van der Waals surface area contributed by atoms with E-state index >= 15 is 0 Å². The molecule has 0 bridgehead atoms. The normalized spacial score (nSPS) is 10.6. The second-order valence-electron chi connectivity index (χ2n) is 4.58. The number of nitrogens with one attached hydrogen (secondary N) is 1. The first-order valence-corrected chi connectivity index (χ1v) is 7.37. The number of hydrogen-bond donors (Lipinski definition) is 1. The number of rotatable bonds is 11. The minimum atomic E-state index is 0.714. The van der Waals surface area contributed by atoms with E-state index in [0.29, 0.717) is 6.61 Å². The minimum absolute atomic E-state index is 0.714. The molecule has 0 aliphatic heterocycles. The van der Waals surface area contributed by atoms with E-state index < -0.39 is 0 Å². The fourth-order valence-electron chi connectivity index (χ4n) is 1.79. The van der Waals surface area contributed by atoms with Gasteiger partial charge in [0.05, 0.1) is 6.61 Å². The van der Waals surface area contributed by atoms with Gasteiger partial charge in [-0.2, -0.15) is 0 Å². The zero-order valence-electron chi connectivity index (χ0n) is 12.3. The third-order valence-electron chi connectivity index (χ3n) is 2.82. The Labute approximate surface area is 117 Å². The van der Waals surface area contributed by atoms with Crippen molar-refractivity contribution in [1.29, 1.82) is 0 Å². The van der Waals surface area contributed by atoms with E-state index in [1.165, 1.54) is 12.0 Å². The summed E-state index contributed by atoms with van der Waals surface area (Å²) >= 11 is 0. The number of unbranched alkanes of at least 4 members (excludes halogenated alkanes) is 1. The topological polar surface area (TPSA) is 30.5 Å². The van der Waals surface area contributed by atoms with Gasteiger partial charge in [0.1, 0.15) is 5.75 Å². The summed E-state index contributed by atoms with van der Waals surface area (Å²) in [7, 11) is 0. The van der Waals surface area contributed by atoms with Crippen molar-refractivity contribution in [1.82, 2.24) is 5.32 Å². The largest absolute Gasteiger partial charge is 0.494 e. The fourth-order valence-corrected chi connectivity index (χ4v) is 1.79. The number of ether oxygens (including phenoxy) is 2. The van der Waals surface area contributed by atoms with Crippen LogP contribution >= 0.6 is 0 Å². The highest BCUT2D eigenvalue weighted by molar-refractivity contribution is 5.28. The van der Waals surface area contributed by atoms with E-state index in [9.17, 15) is 0 Å². The quantitative estimate of drug-likeness (QED) is 0.622. The Bertz CT molecular complexity index is 328. The average Bonchev–Trinajstić information content (AvgIpc) is 2.43. The molecule has 108 valence electrons. The Kier molecular flexibility index (Phi) is 9.11. The zero-order valence-corrected chi connectivity index (χ0v) is 12.3. The van der Waals surface area contributed by atoms with Gasteiger partial charge < -0.3 is 14.8 Å². The van der Waals surface area contributed by atoms with Crippen LogP contribution in [0.2, 0.25) is 0 Å². The van der Waals surface area contributed by atoms with Crippen LogP contribution in [-0.2, 0) is 11.3 Å². The highest BCUT2D eigenvalue weighted by Crippen LogP contribution is 2.12. The van der Waals surface area contributed by atoms with Gasteiger partial charge in [-0.25, -0.2) is 0 Å². The van der Waals surface area contributed by atoms with Crippen molar-refractivity contribution in [3.8, 4) is 5.75 Å². The maximum atomic E-state index is 5.52. The number of benzene rings is 1. The van der Waals surface area contributed by atoms with Gasteiger partial charge in [-0.15, -0.1) is 0 Å². The molecule has 0 unspecified atom stereocenters. The van der Waals surface area contributed by atoms with Crippen LogP contribution < -0.4 is 10.1 Å². The molecule has 0 amide bonds. The van der Waals surface area contributed by atoms with Gasteiger partial charge in [-0.3, -0.25) is 0 Å². The first-order valence-electron chi connectivity index (χ1n) is 7.37. The highest BCUT2D eigenvalue weighted by atomic mass is 16.5. The lowest BCUT2D eigenvalue weighted by atomic mass is 10.2. The first kappa shape index (κ1) is 16.0. The lowest BCUT2D eigenvalue weighted by Gasteiger charge is -2.08. The Balaban J connectivity index is 2.07. The predicted molar refractivity (Wildman–Crippen MR) is 79.7 cm³/mol. The van der Waals surface area contributed by atoms with Crippen LogP contribution in [0.15, 0.2) is 24.3 Å². The summed E-state index contributed by atoms with van der Waals surface area (Å²) in [4.78, 5) is 0. The van der Waals surface area contributed by atoms with Gasteiger partial charge >= 0.3 is 0 Å². The Morgan fingerprint density at radius 1 is 1.11 bits per heavy atom. The van der Waals surface area contributed by atoms with Gasteiger partial charge in [0.2, 0.25) is 0 Å². The second kappa shape index (κ2) is 10.8. The smallest absolute Gasteiger partial charge is 0.119 e. The molecule has 0 heterocycles. The van der Waals surface area contributed by atoms with E-state index in [0.717, 1.165) is 44.9 Å². The molecule has 0 saturated heterocycles. The molecule has 3 heteroatoms. The van der Waals surface area contributed by atoms with E-state index in [2.05, 4.69) is 24.4 Å². The molecule has 1 N–H and O–H groups in total. The summed E-state index contributed by atoms with van der Waals surface area (Å²) in [5.41, 5.74) is 1.26. The van der Waals surface area contributed by atoms with Crippen LogP contribution in [0.3, 0.4) is 0 Å². The summed E-state index contributed by atoms with van der Waals surface area (Å²) in [5, 5.41) is 3.43. The molecule has 0 spiro atoms. The summed E-state index contributed by atoms with van der Waals surface area (Å²) < 4.78 is 11.0. The first-order chi connectivity index (χ1) is 9.36. The van der Waals surface area contributed by atoms with Gasteiger partial charge in [0.25, 0.3) is 0 Å². The van der Waals surface area contributed by atoms with Gasteiger partial charge in [0.15, 0.2) is 0 Å².